The fraction of sp³-hybridized carbons (Fsp3) is 0.862. The average Bonchev–Trinajstić information content (AvgIpc) is 3.46. The number of ketones is 2. The molecule has 0 aliphatic rings. The number of amides is 6. The van der Waals surface area contributed by atoms with Crippen LogP contribution in [0.3, 0.4) is 0 Å². The van der Waals surface area contributed by atoms with Gasteiger partial charge >= 0.3 is 0 Å². The molecule has 8 unspecified atom stereocenters. The first-order valence-electron chi connectivity index (χ1n) is 30.9. The van der Waals surface area contributed by atoms with Gasteiger partial charge < -0.3 is 75.3 Å². The number of aliphatic hydroxyl groups excluding tert-OH is 4. The van der Waals surface area contributed by atoms with Crippen molar-refractivity contribution >= 4 is 70.5 Å². The molecule has 6 amide bonds. The molecule has 0 aromatic carbocycles. The van der Waals surface area contributed by atoms with E-state index in [1.54, 1.807) is 0 Å². The Kier molecular flexibility index (Phi) is 50.8. The van der Waals surface area contributed by atoms with Gasteiger partial charge in [0, 0.05) is 48.9 Å². The van der Waals surface area contributed by atoms with Gasteiger partial charge in [0.1, 0.15) is 24.2 Å². The highest BCUT2D eigenvalue weighted by molar-refractivity contribution is 8.03. The molecule has 0 saturated heterocycles. The van der Waals surface area contributed by atoms with Gasteiger partial charge in [-0.2, -0.15) is 23.5 Å². The molecule has 0 spiro atoms. The van der Waals surface area contributed by atoms with E-state index in [0.29, 0.717) is 76.2 Å². The number of nitrogens with two attached hydrogens (primary N) is 4. The summed E-state index contributed by atoms with van der Waals surface area (Å²) in [7, 11) is 0. The van der Waals surface area contributed by atoms with E-state index >= 15 is 0 Å². The number of thioether (sulfide) groups is 2. The number of carbonyl (C=O) groups is 8. The van der Waals surface area contributed by atoms with Crippen LogP contribution in [0.2, 0.25) is 0 Å². The molecule has 24 heteroatoms. The molecule has 22 nitrogen and oxygen atoms in total. The molecule has 0 rings (SSSR count). The van der Waals surface area contributed by atoms with Crippen molar-refractivity contribution in [2.24, 2.45) is 34.8 Å². The highest BCUT2D eigenvalue weighted by Gasteiger charge is 2.32. The number of rotatable bonds is 57. The summed E-state index contributed by atoms with van der Waals surface area (Å²) in [5.41, 5.74) is 23.3. The molecule has 82 heavy (non-hydrogen) atoms. The van der Waals surface area contributed by atoms with Crippen LogP contribution in [0.25, 0.3) is 0 Å². The Bertz CT molecular complexity index is 1610. The van der Waals surface area contributed by atoms with Crippen molar-refractivity contribution in [3.63, 3.8) is 0 Å². The van der Waals surface area contributed by atoms with Gasteiger partial charge in [-0.1, -0.05) is 142 Å². The van der Waals surface area contributed by atoms with Crippen LogP contribution in [0.15, 0.2) is 0 Å². The Hall–Kier alpha value is -3.46. The standard InChI is InChI=1S/C58H112N10O12S2/c1-3-5-7-9-11-13-15-17-19-25-31-63-55(77)47(39-71)67-57(79)49(65-51(73)35-43(37-69)53(75)45(61)27-21-23-29-59)41-81-33-34-82-42-50(66-52(74)36-44(38-70)54(76)46(62)28-22-24-30-60)58(80)68-48(40-72)56(78)64-32-26-20-18-16-14-12-10-8-6-4-2/h43-50,69-72H,3-42,59-62H2,1-2H3,(H,63,77)(H,64,78)(H,65,73)(H,66,74)(H,67,79)(H,68,80). The molecule has 478 valence electrons. The summed E-state index contributed by atoms with van der Waals surface area (Å²) in [6.07, 6.45) is 24.3. The van der Waals surface area contributed by atoms with Crippen LogP contribution in [-0.4, -0.2) is 179 Å². The Morgan fingerprint density at radius 2 is 0.707 bits per heavy atom. The van der Waals surface area contributed by atoms with Crippen molar-refractivity contribution in [2.75, 3.05) is 75.6 Å². The van der Waals surface area contributed by atoms with Crippen molar-refractivity contribution < 1.29 is 58.8 Å². The number of hydrogen-bond acceptors (Lipinski definition) is 18. The second kappa shape index (κ2) is 53.0. The molecule has 8 atom stereocenters. The van der Waals surface area contributed by atoms with E-state index in [0.717, 1.165) is 51.4 Å². The van der Waals surface area contributed by atoms with Gasteiger partial charge in [0.15, 0.2) is 11.6 Å². The third kappa shape index (κ3) is 39.2. The minimum atomic E-state index is -1.34. The van der Waals surface area contributed by atoms with E-state index in [2.05, 4.69) is 45.7 Å². The van der Waals surface area contributed by atoms with Gasteiger partial charge in [-0.25, -0.2) is 0 Å². The van der Waals surface area contributed by atoms with E-state index in [-0.39, 0.29) is 11.5 Å². The zero-order valence-corrected chi connectivity index (χ0v) is 51.7. The smallest absolute Gasteiger partial charge is 0.244 e. The average molecular weight is 1210 g/mol. The van der Waals surface area contributed by atoms with Crippen LogP contribution in [0.4, 0.5) is 0 Å². The predicted octanol–water partition coefficient (Wildman–Crippen LogP) is 2.50. The molecule has 0 aliphatic carbocycles. The molecule has 0 saturated carbocycles. The van der Waals surface area contributed by atoms with Crippen molar-refractivity contribution in [1.29, 1.82) is 0 Å². The zero-order chi connectivity index (χ0) is 61.2. The summed E-state index contributed by atoms with van der Waals surface area (Å²) in [4.78, 5) is 107. The molecule has 0 fully saturated rings. The highest BCUT2D eigenvalue weighted by atomic mass is 32.2. The quantitative estimate of drug-likeness (QED) is 0.0389. The van der Waals surface area contributed by atoms with Gasteiger partial charge in [0.25, 0.3) is 0 Å². The number of unbranched alkanes of at least 4 members (excludes halogenated alkanes) is 20. The minimum Gasteiger partial charge on any atom is -0.396 e. The number of Topliss-reactive ketones (excluding diaryl/α,β-unsaturated/α-hetero) is 2. The molecule has 0 aromatic heterocycles. The summed E-state index contributed by atoms with van der Waals surface area (Å²) in [6.45, 7) is 3.12. The van der Waals surface area contributed by atoms with Gasteiger partial charge in [0.2, 0.25) is 35.4 Å². The van der Waals surface area contributed by atoms with E-state index < -0.39 is 134 Å². The van der Waals surface area contributed by atoms with E-state index in [4.69, 9.17) is 22.9 Å². The molecule has 0 aromatic rings. The molecular weight excluding hydrogens is 1090 g/mol. The second-order valence-corrected chi connectivity index (χ2v) is 23.9. The van der Waals surface area contributed by atoms with Gasteiger partial charge in [-0.3, -0.25) is 38.4 Å². The first-order valence-corrected chi connectivity index (χ1v) is 33.2. The molecule has 18 N–H and O–H groups in total. The molecular formula is C58H112N10O12S2. The van der Waals surface area contributed by atoms with E-state index in [9.17, 15) is 58.8 Å². The monoisotopic (exact) mass is 1200 g/mol. The molecule has 0 aliphatic heterocycles. The second-order valence-electron chi connectivity index (χ2n) is 21.6. The first-order chi connectivity index (χ1) is 39.6. The predicted molar refractivity (Wildman–Crippen MR) is 328 cm³/mol. The highest BCUT2D eigenvalue weighted by Crippen LogP contribution is 2.17. The summed E-state index contributed by atoms with van der Waals surface area (Å²) < 4.78 is 0. The van der Waals surface area contributed by atoms with Gasteiger partial charge in [0.05, 0.1) is 50.3 Å². The Morgan fingerprint density at radius 3 is 1.00 bits per heavy atom. The van der Waals surface area contributed by atoms with Crippen LogP contribution in [0, 0.1) is 11.8 Å². The van der Waals surface area contributed by atoms with Crippen molar-refractivity contribution in [3.8, 4) is 0 Å². The first kappa shape index (κ1) is 78.5. The lowest BCUT2D eigenvalue weighted by atomic mass is 9.93. The van der Waals surface area contributed by atoms with E-state index in [1.807, 2.05) is 0 Å². The van der Waals surface area contributed by atoms with Crippen molar-refractivity contribution in [3.05, 3.63) is 0 Å². The Labute approximate surface area is 499 Å². The summed E-state index contributed by atoms with van der Waals surface area (Å²) in [5.74, 6) is -7.04. The SMILES string of the molecule is CCCCCCCCCCCCNC(=O)C(CO)NC(=O)C(CSCCSCC(NC(=O)CC(CO)C(=O)C(N)CCCCN)C(=O)NC(CO)C(=O)NCCCCCCCCCCCC)NC(=O)CC(CO)C(=O)C(N)CCCCN. The Balaban J connectivity index is 6.03. The number of nitrogens with one attached hydrogen (secondary N) is 6. The lowest BCUT2D eigenvalue weighted by molar-refractivity contribution is -0.134. The lowest BCUT2D eigenvalue weighted by Gasteiger charge is -2.24. The maximum Gasteiger partial charge on any atom is 0.244 e. The number of hydrogen-bond donors (Lipinski definition) is 14. The summed E-state index contributed by atoms with van der Waals surface area (Å²) >= 11 is 2.44. The van der Waals surface area contributed by atoms with Gasteiger partial charge in [-0.15, -0.1) is 0 Å². The van der Waals surface area contributed by atoms with Gasteiger partial charge in [-0.05, 0) is 51.6 Å². The number of carbonyl (C=O) groups excluding carboxylic acids is 8. The molecule has 0 radical (unpaired) electrons. The zero-order valence-electron chi connectivity index (χ0n) is 50.1. The largest absolute Gasteiger partial charge is 0.396 e. The lowest BCUT2D eigenvalue weighted by Crippen LogP contribution is -2.56. The summed E-state index contributed by atoms with van der Waals surface area (Å²) in [5, 5.41) is 56.4. The minimum absolute atomic E-state index is 0.0507. The van der Waals surface area contributed by atoms with Crippen LogP contribution in [-0.2, 0) is 38.4 Å². The van der Waals surface area contributed by atoms with Crippen LogP contribution in [0.1, 0.15) is 194 Å². The van der Waals surface area contributed by atoms with Crippen LogP contribution < -0.4 is 54.8 Å². The Morgan fingerprint density at radius 1 is 0.390 bits per heavy atom. The fourth-order valence-electron chi connectivity index (χ4n) is 9.08. The molecule has 0 bridgehead atoms. The third-order valence-corrected chi connectivity index (χ3v) is 16.7. The van der Waals surface area contributed by atoms with Crippen LogP contribution >= 0.6 is 23.5 Å². The van der Waals surface area contributed by atoms with Crippen molar-refractivity contribution in [2.45, 2.75) is 230 Å². The van der Waals surface area contributed by atoms with Crippen molar-refractivity contribution in [1.82, 2.24) is 31.9 Å². The fourth-order valence-corrected chi connectivity index (χ4v) is 11.3. The van der Waals surface area contributed by atoms with E-state index in [1.165, 1.54) is 101 Å². The number of aliphatic hydroxyl groups is 4. The maximum absolute atomic E-state index is 13.8. The normalized spacial score (nSPS) is 14.3. The van der Waals surface area contributed by atoms with Crippen LogP contribution in [0.5, 0.6) is 0 Å². The molecule has 0 heterocycles. The topological polar surface area (TPSA) is 394 Å². The third-order valence-electron chi connectivity index (χ3n) is 14.3. The maximum atomic E-state index is 13.8. The summed E-state index contributed by atoms with van der Waals surface area (Å²) in [6, 6.07) is -7.10.